The Bertz CT molecular complexity index is 1060. The summed E-state index contributed by atoms with van der Waals surface area (Å²) in [5.41, 5.74) is 1.70. The summed E-state index contributed by atoms with van der Waals surface area (Å²) in [6, 6.07) is 16.1. The number of nitrogens with zero attached hydrogens (tertiary/aromatic N) is 1. The van der Waals surface area contributed by atoms with E-state index in [-0.39, 0.29) is 24.2 Å². The molecule has 2 aromatic carbocycles. The summed E-state index contributed by atoms with van der Waals surface area (Å²) in [6.07, 6.45) is 3.97. The van der Waals surface area contributed by atoms with E-state index >= 15 is 0 Å². The topological polar surface area (TPSA) is 54.5 Å². The van der Waals surface area contributed by atoms with Crippen LogP contribution >= 0.6 is 0 Å². The Hall–Kier alpha value is -1.98. The average Bonchev–Trinajstić information content (AvgIpc) is 3.38. The second kappa shape index (κ2) is 7.86. The second-order valence-corrected chi connectivity index (χ2v) is 11.8. The van der Waals surface area contributed by atoms with Crippen LogP contribution in [0.4, 0.5) is 0 Å². The van der Waals surface area contributed by atoms with Gasteiger partial charge < -0.3 is 0 Å². The van der Waals surface area contributed by atoms with E-state index in [0.717, 1.165) is 5.56 Å². The zero-order valence-electron chi connectivity index (χ0n) is 18.3. The number of hydrogen-bond donors (Lipinski definition) is 0. The highest BCUT2D eigenvalue weighted by Crippen LogP contribution is 2.58. The van der Waals surface area contributed by atoms with Crippen molar-refractivity contribution in [3.63, 3.8) is 0 Å². The Kier molecular flexibility index (Phi) is 5.30. The first-order chi connectivity index (χ1) is 14.9. The van der Waals surface area contributed by atoms with E-state index in [2.05, 4.69) is 6.92 Å². The second-order valence-electron chi connectivity index (χ2n) is 9.88. The molecule has 164 valence electrons. The van der Waals surface area contributed by atoms with Crippen LogP contribution in [0, 0.1) is 36.5 Å². The minimum atomic E-state index is -3.66. The molecule has 1 heterocycles. The van der Waals surface area contributed by atoms with Crippen LogP contribution in [0.2, 0.25) is 0 Å². The van der Waals surface area contributed by atoms with Crippen LogP contribution in [0.5, 0.6) is 0 Å². The number of hydrogen-bond acceptors (Lipinski definition) is 3. The van der Waals surface area contributed by atoms with Gasteiger partial charge in [-0.25, -0.2) is 8.42 Å². The molecule has 1 saturated heterocycles. The summed E-state index contributed by atoms with van der Waals surface area (Å²) in [6.45, 7) is 4.71. The number of carbonyl (C=O) groups is 1. The predicted octanol–water partition coefficient (Wildman–Crippen LogP) is 4.94. The lowest BCUT2D eigenvalue weighted by Crippen LogP contribution is -2.56. The number of sulfonamides is 1. The first-order valence-electron chi connectivity index (χ1n) is 11.5. The zero-order chi connectivity index (χ0) is 21.8. The van der Waals surface area contributed by atoms with E-state index in [0.29, 0.717) is 40.7 Å². The van der Waals surface area contributed by atoms with Crippen molar-refractivity contribution in [2.45, 2.75) is 50.5 Å². The average molecular weight is 438 g/mol. The molecule has 5 rings (SSSR count). The van der Waals surface area contributed by atoms with Crippen LogP contribution in [-0.4, -0.2) is 31.1 Å². The molecule has 2 aliphatic carbocycles. The molecule has 4 nitrogen and oxygen atoms in total. The lowest BCUT2D eigenvalue weighted by molar-refractivity contribution is 0.0270. The maximum absolute atomic E-state index is 13.8. The van der Waals surface area contributed by atoms with Crippen molar-refractivity contribution >= 4 is 15.8 Å². The Balaban J connectivity index is 1.51. The van der Waals surface area contributed by atoms with Crippen LogP contribution in [-0.2, 0) is 10.0 Å². The fourth-order valence-corrected chi connectivity index (χ4v) is 8.49. The molecule has 0 spiro atoms. The summed E-state index contributed by atoms with van der Waals surface area (Å²) in [5, 5.41) is 0. The number of aryl methyl sites for hydroxylation is 1. The number of rotatable bonds is 5. The molecular weight excluding hydrogens is 406 g/mol. The molecule has 3 aliphatic rings. The first-order valence-corrected chi connectivity index (χ1v) is 13.0. The third-order valence-electron chi connectivity index (χ3n) is 8.25. The lowest BCUT2D eigenvalue weighted by Gasteiger charge is -2.49. The van der Waals surface area contributed by atoms with Crippen LogP contribution in [0.25, 0.3) is 0 Å². The highest BCUT2D eigenvalue weighted by molar-refractivity contribution is 7.89. The minimum Gasteiger partial charge on any atom is -0.294 e. The van der Waals surface area contributed by atoms with Crippen molar-refractivity contribution in [2.24, 2.45) is 29.6 Å². The molecule has 6 atom stereocenters. The number of carbonyl (C=O) groups excluding carboxylic acids is 1. The van der Waals surface area contributed by atoms with E-state index in [4.69, 9.17) is 0 Å². The molecule has 2 aromatic rings. The van der Waals surface area contributed by atoms with E-state index in [9.17, 15) is 13.2 Å². The summed E-state index contributed by atoms with van der Waals surface area (Å²) in [4.78, 5) is 13.5. The van der Waals surface area contributed by atoms with Crippen molar-refractivity contribution in [1.29, 1.82) is 0 Å². The third-order valence-corrected chi connectivity index (χ3v) is 10.2. The van der Waals surface area contributed by atoms with Crippen LogP contribution in [0.1, 0.15) is 48.5 Å². The smallest absolute Gasteiger partial charge is 0.243 e. The van der Waals surface area contributed by atoms with Crippen LogP contribution in [0.3, 0.4) is 0 Å². The van der Waals surface area contributed by atoms with Gasteiger partial charge in [0, 0.05) is 24.6 Å². The molecule has 0 aromatic heterocycles. The fraction of sp³-hybridized carbons (Fsp3) is 0.500. The Morgan fingerprint density at radius 1 is 1.00 bits per heavy atom. The Labute approximate surface area is 185 Å². The number of Topliss-reactive ketones (excluding diaryl/α,β-unsaturated/α-hetero) is 1. The summed E-state index contributed by atoms with van der Waals surface area (Å²) in [5.74, 6) is 2.52. The van der Waals surface area contributed by atoms with Crippen molar-refractivity contribution < 1.29 is 13.2 Å². The van der Waals surface area contributed by atoms with E-state index < -0.39 is 10.0 Å². The maximum Gasteiger partial charge on any atom is 0.243 e. The molecule has 3 fully saturated rings. The molecule has 2 bridgehead atoms. The molecule has 31 heavy (non-hydrogen) atoms. The van der Waals surface area contributed by atoms with Gasteiger partial charge in [-0.15, -0.1) is 0 Å². The Morgan fingerprint density at radius 2 is 1.68 bits per heavy atom. The lowest BCUT2D eigenvalue weighted by atomic mass is 9.67. The van der Waals surface area contributed by atoms with Gasteiger partial charge in [0.05, 0.1) is 4.90 Å². The third kappa shape index (κ3) is 3.56. The van der Waals surface area contributed by atoms with Crippen molar-refractivity contribution in [3.8, 4) is 0 Å². The molecule has 0 N–H and O–H groups in total. The van der Waals surface area contributed by atoms with Crippen molar-refractivity contribution in [2.75, 3.05) is 6.54 Å². The first kappa shape index (κ1) is 20.9. The van der Waals surface area contributed by atoms with E-state index in [1.54, 1.807) is 16.4 Å². The SMILES string of the molecule is Cc1ccc(S(=O)(=O)N2C[C@H]3[C@@H]4CC[C@@H](C4)[C@H]3[C@H](C)[C@@H]2CC(=O)c2ccccc2)cc1. The molecule has 0 radical (unpaired) electrons. The van der Waals surface area contributed by atoms with Gasteiger partial charge in [0.15, 0.2) is 5.78 Å². The highest BCUT2D eigenvalue weighted by atomic mass is 32.2. The van der Waals surface area contributed by atoms with Gasteiger partial charge in [-0.05, 0) is 67.9 Å². The zero-order valence-corrected chi connectivity index (χ0v) is 19.1. The number of fused-ring (bicyclic) bond motifs is 5. The molecular formula is C26H31NO3S. The fourth-order valence-electron chi connectivity index (χ4n) is 6.75. The van der Waals surface area contributed by atoms with Crippen molar-refractivity contribution in [1.82, 2.24) is 4.31 Å². The minimum absolute atomic E-state index is 0.0307. The van der Waals surface area contributed by atoms with Gasteiger partial charge in [-0.2, -0.15) is 4.31 Å². The highest BCUT2D eigenvalue weighted by Gasteiger charge is 2.56. The normalized spacial score (nSPS) is 32.7. The van der Waals surface area contributed by atoms with Gasteiger partial charge in [0.2, 0.25) is 10.0 Å². The number of ketones is 1. The van der Waals surface area contributed by atoms with Gasteiger partial charge in [0.1, 0.15) is 0 Å². The van der Waals surface area contributed by atoms with E-state index in [1.807, 2.05) is 49.4 Å². The molecule has 2 saturated carbocycles. The monoisotopic (exact) mass is 437 g/mol. The predicted molar refractivity (Wildman–Crippen MR) is 121 cm³/mol. The summed E-state index contributed by atoms with van der Waals surface area (Å²) < 4.78 is 29.3. The maximum atomic E-state index is 13.8. The van der Waals surface area contributed by atoms with E-state index in [1.165, 1.54) is 19.3 Å². The van der Waals surface area contributed by atoms with Gasteiger partial charge in [-0.1, -0.05) is 55.0 Å². The molecule has 0 amide bonds. The van der Waals surface area contributed by atoms with Gasteiger partial charge >= 0.3 is 0 Å². The molecule has 0 unspecified atom stereocenters. The van der Waals surface area contributed by atoms with Crippen molar-refractivity contribution in [3.05, 3.63) is 65.7 Å². The standard InChI is InChI=1S/C26H31NO3S/c1-17-8-12-22(13-9-17)31(29,30)27-16-23-20-10-11-21(14-20)26(23)18(2)24(27)15-25(28)19-6-4-3-5-7-19/h3-9,12-13,18,20-21,23-24,26H,10-11,14-16H2,1-2H3/t18-,20-,21+,23+,24+,26-/m1/s1. The Morgan fingerprint density at radius 3 is 2.39 bits per heavy atom. The van der Waals surface area contributed by atoms with Gasteiger partial charge in [-0.3, -0.25) is 4.79 Å². The number of piperidine rings is 1. The molecule has 1 aliphatic heterocycles. The van der Waals surface area contributed by atoms with Gasteiger partial charge in [0.25, 0.3) is 0 Å². The molecule has 5 heteroatoms. The van der Waals surface area contributed by atoms with Crippen LogP contribution in [0.15, 0.2) is 59.5 Å². The summed E-state index contributed by atoms with van der Waals surface area (Å²) >= 11 is 0. The summed E-state index contributed by atoms with van der Waals surface area (Å²) in [7, 11) is -3.66. The largest absolute Gasteiger partial charge is 0.294 e. The quantitative estimate of drug-likeness (QED) is 0.623. The van der Waals surface area contributed by atoms with Crippen LogP contribution < -0.4 is 0 Å². The number of benzene rings is 2.